The highest BCUT2D eigenvalue weighted by Crippen LogP contribution is 2.21. The fourth-order valence-corrected chi connectivity index (χ4v) is 3.72. The third-order valence-corrected chi connectivity index (χ3v) is 5.14. The van der Waals surface area contributed by atoms with Gasteiger partial charge < -0.3 is 15.5 Å². The van der Waals surface area contributed by atoms with Crippen LogP contribution in [-0.4, -0.2) is 42.1 Å². The van der Waals surface area contributed by atoms with E-state index in [0.717, 1.165) is 41.4 Å². The van der Waals surface area contributed by atoms with Crippen molar-refractivity contribution in [3.8, 4) is 0 Å². The lowest BCUT2D eigenvalue weighted by atomic mass is 10.1. The van der Waals surface area contributed by atoms with Crippen LogP contribution in [0.5, 0.6) is 0 Å². The van der Waals surface area contributed by atoms with E-state index in [9.17, 15) is 4.79 Å². The van der Waals surface area contributed by atoms with Gasteiger partial charge in [0.1, 0.15) is 5.01 Å². The predicted molar refractivity (Wildman–Crippen MR) is 90.1 cm³/mol. The smallest absolute Gasteiger partial charge is 0.315 e. The van der Waals surface area contributed by atoms with Gasteiger partial charge in [-0.05, 0) is 37.6 Å². The molecule has 0 aliphatic carbocycles. The number of thiazole rings is 1. The van der Waals surface area contributed by atoms with E-state index in [4.69, 9.17) is 0 Å². The first kappa shape index (κ1) is 15.2. The Morgan fingerprint density at radius 2 is 2.27 bits per heavy atom. The molecular formula is C16H22N4OS. The number of nitrogens with one attached hydrogen (secondary N) is 2. The molecule has 2 heterocycles. The predicted octanol–water partition coefficient (Wildman–Crippen LogP) is 2.44. The summed E-state index contributed by atoms with van der Waals surface area (Å²) >= 11 is 1.63. The van der Waals surface area contributed by atoms with Crippen molar-refractivity contribution in [2.24, 2.45) is 5.92 Å². The van der Waals surface area contributed by atoms with Gasteiger partial charge in [0, 0.05) is 13.1 Å². The van der Waals surface area contributed by atoms with Crippen molar-refractivity contribution in [2.45, 2.75) is 19.9 Å². The Kier molecular flexibility index (Phi) is 4.90. The van der Waals surface area contributed by atoms with Crippen molar-refractivity contribution in [3.63, 3.8) is 0 Å². The minimum absolute atomic E-state index is 0.103. The monoisotopic (exact) mass is 318 g/mol. The van der Waals surface area contributed by atoms with Gasteiger partial charge >= 0.3 is 6.03 Å². The Morgan fingerprint density at radius 1 is 1.41 bits per heavy atom. The minimum atomic E-state index is -0.103. The summed E-state index contributed by atoms with van der Waals surface area (Å²) in [7, 11) is 0. The van der Waals surface area contributed by atoms with Crippen LogP contribution < -0.4 is 10.6 Å². The number of carbonyl (C=O) groups is 1. The molecule has 3 rings (SSSR count). The Morgan fingerprint density at radius 3 is 3.05 bits per heavy atom. The van der Waals surface area contributed by atoms with E-state index in [-0.39, 0.29) is 6.03 Å². The molecule has 1 unspecified atom stereocenters. The number of amides is 2. The van der Waals surface area contributed by atoms with Crippen molar-refractivity contribution >= 4 is 27.6 Å². The number of likely N-dealkylation sites (tertiary alicyclic amines) is 1. The molecule has 1 atom stereocenters. The highest BCUT2D eigenvalue weighted by molar-refractivity contribution is 7.18. The maximum absolute atomic E-state index is 11.9. The molecular weight excluding hydrogens is 296 g/mol. The number of rotatable bonds is 5. The van der Waals surface area contributed by atoms with Crippen molar-refractivity contribution in [1.82, 2.24) is 20.5 Å². The summed E-state index contributed by atoms with van der Waals surface area (Å²) in [5, 5.41) is 6.81. The summed E-state index contributed by atoms with van der Waals surface area (Å²) in [4.78, 5) is 18.8. The second kappa shape index (κ2) is 7.07. The zero-order chi connectivity index (χ0) is 15.4. The number of hydrogen-bond acceptors (Lipinski definition) is 4. The average molecular weight is 318 g/mol. The van der Waals surface area contributed by atoms with Gasteiger partial charge in [0.2, 0.25) is 0 Å². The van der Waals surface area contributed by atoms with Gasteiger partial charge in [-0.3, -0.25) is 0 Å². The molecule has 1 aromatic carbocycles. The van der Waals surface area contributed by atoms with Crippen molar-refractivity contribution < 1.29 is 4.79 Å². The Balaban J connectivity index is 1.42. The molecule has 2 N–H and O–H groups in total. The third kappa shape index (κ3) is 3.75. The molecule has 118 valence electrons. The van der Waals surface area contributed by atoms with Crippen LogP contribution in [0.1, 0.15) is 18.4 Å². The standard InChI is InChI=1S/C16H22N4OS/c1-2-20-8-7-12(11-20)9-17-16(21)18-10-15-19-13-5-3-4-6-14(13)22-15/h3-6,12H,2,7-11H2,1H3,(H2,17,18,21). The molecule has 5 nitrogen and oxygen atoms in total. The molecule has 0 spiro atoms. The highest BCUT2D eigenvalue weighted by Gasteiger charge is 2.21. The van der Waals surface area contributed by atoms with Crippen LogP contribution >= 0.6 is 11.3 Å². The number of carbonyl (C=O) groups excluding carboxylic acids is 1. The number of hydrogen-bond donors (Lipinski definition) is 2. The van der Waals surface area contributed by atoms with Gasteiger partial charge in [-0.1, -0.05) is 19.1 Å². The number of urea groups is 1. The first-order chi connectivity index (χ1) is 10.7. The SMILES string of the molecule is CCN1CCC(CNC(=O)NCc2nc3ccccc3s2)C1. The van der Waals surface area contributed by atoms with Gasteiger partial charge in [-0.2, -0.15) is 0 Å². The fraction of sp³-hybridized carbons (Fsp3) is 0.500. The van der Waals surface area contributed by atoms with Gasteiger partial charge in [-0.15, -0.1) is 11.3 Å². The second-order valence-electron chi connectivity index (χ2n) is 5.69. The van der Waals surface area contributed by atoms with Gasteiger partial charge in [0.25, 0.3) is 0 Å². The summed E-state index contributed by atoms with van der Waals surface area (Å²) in [5.41, 5.74) is 0.996. The van der Waals surface area contributed by atoms with Crippen LogP contribution in [0.15, 0.2) is 24.3 Å². The summed E-state index contributed by atoms with van der Waals surface area (Å²) in [6.07, 6.45) is 1.17. The van der Waals surface area contributed by atoms with Crippen LogP contribution in [0.2, 0.25) is 0 Å². The lowest BCUT2D eigenvalue weighted by molar-refractivity contribution is 0.238. The summed E-state index contributed by atoms with van der Waals surface area (Å²) < 4.78 is 1.16. The Labute approximate surface area is 134 Å². The molecule has 1 aromatic heterocycles. The van der Waals surface area contributed by atoms with E-state index in [1.54, 1.807) is 11.3 Å². The number of nitrogens with zero attached hydrogens (tertiary/aromatic N) is 2. The van der Waals surface area contributed by atoms with E-state index in [0.29, 0.717) is 12.5 Å². The second-order valence-corrected chi connectivity index (χ2v) is 6.80. The third-order valence-electron chi connectivity index (χ3n) is 4.11. The van der Waals surface area contributed by atoms with E-state index < -0.39 is 0 Å². The Hall–Kier alpha value is -1.66. The molecule has 1 saturated heterocycles. The Bertz CT molecular complexity index is 609. The average Bonchev–Trinajstić information content (AvgIpc) is 3.16. The molecule has 2 amide bonds. The van der Waals surface area contributed by atoms with Gasteiger partial charge in [0.15, 0.2) is 0 Å². The van der Waals surface area contributed by atoms with Crippen molar-refractivity contribution in [3.05, 3.63) is 29.3 Å². The number of aromatic nitrogens is 1. The van der Waals surface area contributed by atoms with Crippen LogP contribution in [0.3, 0.4) is 0 Å². The molecule has 0 radical (unpaired) electrons. The maximum atomic E-state index is 11.9. The first-order valence-corrected chi connectivity index (χ1v) is 8.64. The molecule has 1 fully saturated rings. The number of fused-ring (bicyclic) bond motifs is 1. The first-order valence-electron chi connectivity index (χ1n) is 7.83. The minimum Gasteiger partial charge on any atom is -0.338 e. The lowest BCUT2D eigenvalue weighted by Gasteiger charge is -2.13. The van der Waals surface area contributed by atoms with Crippen molar-refractivity contribution in [2.75, 3.05) is 26.2 Å². The topological polar surface area (TPSA) is 57.3 Å². The molecule has 22 heavy (non-hydrogen) atoms. The van der Waals surface area contributed by atoms with Crippen molar-refractivity contribution in [1.29, 1.82) is 0 Å². The summed E-state index contributed by atoms with van der Waals surface area (Å²) in [5.74, 6) is 0.577. The zero-order valence-corrected chi connectivity index (χ0v) is 13.7. The maximum Gasteiger partial charge on any atom is 0.315 e. The molecule has 0 bridgehead atoms. The number of para-hydroxylation sites is 1. The molecule has 1 aliphatic heterocycles. The quantitative estimate of drug-likeness (QED) is 0.890. The van der Waals surface area contributed by atoms with Gasteiger partial charge in [0.05, 0.1) is 16.8 Å². The highest BCUT2D eigenvalue weighted by atomic mass is 32.1. The van der Waals surface area contributed by atoms with Crippen LogP contribution in [0.4, 0.5) is 4.79 Å². The van der Waals surface area contributed by atoms with Crippen LogP contribution in [0, 0.1) is 5.92 Å². The molecule has 6 heteroatoms. The normalized spacial score (nSPS) is 18.7. The van der Waals surface area contributed by atoms with E-state index in [1.165, 1.54) is 6.42 Å². The van der Waals surface area contributed by atoms with Crippen LogP contribution in [0.25, 0.3) is 10.2 Å². The largest absolute Gasteiger partial charge is 0.338 e. The van der Waals surface area contributed by atoms with E-state index in [1.807, 2.05) is 18.2 Å². The molecule has 0 saturated carbocycles. The molecule has 2 aromatic rings. The summed E-state index contributed by atoms with van der Waals surface area (Å²) in [6.45, 7) is 6.75. The van der Waals surface area contributed by atoms with Gasteiger partial charge in [-0.25, -0.2) is 9.78 Å². The van der Waals surface area contributed by atoms with E-state index >= 15 is 0 Å². The summed E-state index contributed by atoms with van der Waals surface area (Å²) in [6, 6.07) is 7.93. The molecule has 1 aliphatic rings. The van der Waals surface area contributed by atoms with Crippen LogP contribution in [-0.2, 0) is 6.54 Å². The number of benzene rings is 1. The van der Waals surface area contributed by atoms with E-state index in [2.05, 4.69) is 33.5 Å². The fourth-order valence-electron chi connectivity index (χ4n) is 2.82. The zero-order valence-electron chi connectivity index (χ0n) is 12.8. The lowest BCUT2D eigenvalue weighted by Crippen LogP contribution is -2.38.